The molecule has 7 nitrogen and oxygen atoms in total. The van der Waals surface area contributed by atoms with Crippen molar-refractivity contribution in [1.82, 2.24) is 4.90 Å². The average Bonchev–Trinajstić information content (AvgIpc) is 3.13. The number of non-ortho nitro benzene ring substituents is 1. The van der Waals surface area contributed by atoms with Crippen LogP contribution in [-0.4, -0.2) is 35.0 Å². The number of rotatable bonds is 5. The van der Waals surface area contributed by atoms with Gasteiger partial charge in [-0.25, -0.2) is 0 Å². The van der Waals surface area contributed by atoms with Gasteiger partial charge >= 0.3 is 0 Å². The smallest absolute Gasteiger partial charge is 0.270 e. The van der Waals surface area contributed by atoms with Crippen molar-refractivity contribution in [1.29, 1.82) is 0 Å². The van der Waals surface area contributed by atoms with E-state index in [1.54, 1.807) is 23.3 Å². The van der Waals surface area contributed by atoms with Crippen LogP contribution in [0.5, 0.6) is 0 Å². The van der Waals surface area contributed by atoms with E-state index in [4.69, 9.17) is 9.15 Å². The van der Waals surface area contributed by atoms with Gasteiger partial charge in [-0.15, -0.1) is 0 Å². The fourth-order valence-corrected chi connectivity index (χ4v) is 2.85. The SMILES string of the molecule is O=C(c1cccc([N+](=O)[O-])c1)N(Cc1ccco1)C1CCOCC1. The number of carbonyl (C=O) groups is 1. The lowest BCUT2D eigenvalue weighted by Crippen LogP contribution is -2.42. The zero-order valence-electron chi connectivity index (χ0n) is 13.1. The fraction of sp³-hybridized carbons (Fsp3) is 0.353. The van der Waals surface area contributed by atoms with E-state index in [0.29, 0.717) is 31.1 Å². The Labute approximate surface area is 139 Å². The normalized spacial score (nSPS) is 15.2. The van der Waals surface area contributed by atoms with Crippen LogP contribution >= 0.6 is 0 Å². The number of nitro benzene ring substituents is 1. The van der Waals surface area contributed by atoms with E-state index in [1.165, 1.54) is 18.2 Å². The minimum absolute atomic E-state index is 0.0237. The molecule has 0 aliphatic carbocycles. The minimum Gasteiger partial charge on any atom is -0.467 e. The van der Waals surface area contributed by atoms with Crippen molar-refractivity contribution < 1.29 is 18.9 Å². The van der Waals surface area contributed by atoms with Crippen molar-refractivity contribution >= 4 is 11.6 Å². The lowest BCUT2D eigenvalue weighted by molar-refractivity contribution is -0.384. The van der Waals surface area contributed by atoms with Crippen LogP contribution in [0.3, 0.4) is 0 Å². The Bertz CT molecular complexity index is 708. The van der Waals surface area contributed by atoms with Crippen LogP contribution in [0, 0.1) is 10.1 Å². The quantitative estimate of drug-likeness (QED) is 0.621. The first-order valence-corrected chi connectivity index (χ1v) is 7.80. The number of carbonyl (C=O) groups excluding carboxylic acids is 1. The van der Waals surface area contributed by atoms with Crippen LogP contribution in [0.4, 0.5) is 5.69 Å². The van der Waals surface area contributed by atoms with E-state index in [9.17, 15) is 14.9 Å². The van der Waals surface area contributed by atoms with Gasteiger partial charge in [-0.2, -0.15) is 0 Å². The monoisotopic (exact) mass is 330 g/mol. The summed E-state index contributed by atoms with van der Waals surface area (Å²) in [6, 6.07) is 9.43. The second kappa shape index (κ2) is 7.27. The minimum atomic E-state index is -0.498. The van der Waals surface area contributed by atoms with E-state index in [2.05, 4.69) is 0 Å². The van der Waals surface area contributed by atoms with E-state index in [1.807, 2.05) is 6.07 Å². The molecule has 1 aromatic carbocycles. The summed E-state index contributed by atoms with van der Waals surface area (Å²) < 4.78 is 10.7. The van der Waals surface area contributed by atoms with E-state index in [0.717, 1.165) is 12.8 Å². The van der Waals surface area contributed by atoms with Gasteiger partial charge in [0.15, 0.2) is 0 Å². The Morgan fingerprint density at radius 3 is 2.71 bits per heavy atom. The van der Waals surface area contributed by atoms with Crippen LogP contribution in [0.25, 0.3) is 0 Å². The number of nitro groups is 1. The first-order chi connectivity index (χ1) is 11.6. The largest absolute Gasteiger partial charge is 0.467 e. The van der Waals surface area contributed by atoms with Crippen LogP contribution in [-0.2, 0) is 11.3 Å². The summed E-state index contributed by atoms with van der Waals surface area (Å²) >= 11 is 0. The molecule has 1 saturated heterocycles. The molecule has 7 heteroatoms. The molecule has 1 aromatic heterocycles. The molecule has 24 heavy (non-hydrogen) atoms. The third-order valence-corrected chi connectivity index (χ3v) is 4.10. The maximum Gasteiger partial charge on any atom is 0.270 e. The molecule has 0 saturated carbocycles. The molecule has 0 spiro atoms. The molecule has 126 valence electrons. The third-order valence-electron chi connectivity index (χ3n) is 4.10. The van der Waals surface area contributed by atoms with E-state index in [-0.39, 0.29) is 17.6 Å². The Hall–Kier alpha value is -2.67. The number of hydrogen-bond donors (Lipinski definition) is 0. The molecule has 0 radical (unpaired) electrons. The highest BCUT2D eigenvalue weighted by Gasteiger charge is 2.28. The zero-order chi connectivity index (χ0) is 16.9. The predicted molar refractivity (Wildman–Crippen MR) is 85.5 cm³/mol. The van der Waals surface area contributed by atoms with E-state index >= 15 is 0 Å². The number of furan rings is 1. The number of amides is 1. The van der Waals surface area contributed by atoms with Crippen LogP contribution < -0.4 is 0 Å². The van der Waals surface area contributed by atoms with Gasteiger partial charge in [0, 0.05) is 37.0 Å². The Morgan fingerprint density at radius 2 is 2.04 bits per heavy atom. The van der Waals surface area contributed by atoms with Gasteiger partial charge in [-0.1, -0.05) is 6.07 Å². The van der Waals surface area contributed by atoms with Crippen molar-refractivity contribution in [2.75, 3.05) is 13.2 Å². The molecule has 3 rings (SSSR count). The molecule has 2 heterocycles. The summed E-state index contributed by atoms with van der Waals surface area (Å²) in [5.74, 6) is 0.447. The molecular weight excluding hydrogens is 312 g/mol. The van der Waals surface area contributed by atoms with Crippen molar-refractivity contribution in [3.05, 3.63) is 64.1 Å². The van der Waals surface area contributed by atoms with Gasteiger partial charge in [-0.3, -0.25) is 14.9 Å². The molecule has 1 aliphatic heterocycles. The molecule has 0 unspecified atom stereocenters. The van der Waals surface area contributed by atoms with Crippen LogP contribution in [0.1, 0.15) is 29.0 Å². The second-order valence-electron chi connectivity index (χ2n) is 5.66. The Kier molecular flexibility index (Phi) is 4.90. The number of benzene rings is 1. The molecule has 0 bridgehead atoms. The first kappa shape index (κ1) is 16.2. The highest BCUT2D eigenvalue weighted by molar-refractivity contribution is 5.95. The summed E-state index contributed by atoms with van der Waals surface area (Å²) in [4.78, 5) is 25.1. The predicted octanol–water partition coefficient (Wildman–Crippen LogP) is 3.01. The fourth-order valence-electron chi connectivity index (χ4n) is 2.85. The average molecular weight is 330 g/mol. The maximum absolute atomic E-state index is 13.0. The zero-order valence-corrected chi connectivity index (χ0v) is 13.1. The van der Waals surface area contributed by atoms with Crippen molar-refractivity contribution in [2.45, 2.75) is 25.4 Å². The van der Waals surface area contributed by atoms with Crippen molar-refractivity contribution in [2.24, 2.45) is 0 Å². The summed E-state index contributed by atoms with van der Waals surface area (Å²) in [6.45, 7) is 1.53. The molecule has 1 aliphatic rings. The van der Waals surface area contributed by atoms with Crippen LogP contribution in [0.15, 0.2) is 47.1 Å². The highest BCUT2D eigenvalue weighted by Crippen LogP contribution is 2.22. The Morgan fingerprint density at radius 1 is 1.25 bits per heavy atom. The summed E-state index contributed by atoms with van der Waals surface area (Å²) in [7, 11) is 0. The standard InChI is InChI=1S/C17H18N2O5/c20-17(13-3-1-4-15(11-13)19(21)22)18(12-16-5-2-8-24-16)14-6-9-23-10-7-14/h1-5,8,11,14H,6-7,9-10,12H2. The van der Waals surface area contributed by atoms with Crippen molar-refractivity contribution in [3.8, 4) is 0 Å². The highest BCUT2D eigenvalue weighted by atomic mass is 16.6. The lowest BCUT2D eigenvalue weighted by Gasteiger charge is -2.33. The Balaban J connectivity index is 1.87. The molecular formula is C17H18N2O5. The second-order valence-corrected chi connectivity index (χ2v) is 5.66. The number of ether oxygens (including phenoxy) is 1. The summed E-state index contributed by atoms with van der Waals surface area (Å²) in [6.07, 6.45) is 3.04. The van der Waals surface area contributed by atoms with Gasteiger partial charge < -0.3 is 14.1 Å². The number of hydrogen-bond acceptors (Lipinski definition) is 5. The third kappa shape index (κ3) is 3.62. The van der Waals surface area contributed by atoms with Crippen molar-refractivity contribution in [3.63, 3.8) is 0 Å². The number of nitrogens with zero attached hydrogens (tertiary/aromatic N) is 2. The summed E-state index contributed by atoms with van der Waals surface area (Å²) in [5.41, 5.74) is 0.216. The molecule has 1 amide bonds. The van der Waals surface area contributed by atoms with Crippen LogP contribution in [0.2, 0.25) is 0 Å². The lowest BCUT2D eigenvalue weighted by atomic mass is 10.0. The van der Waals surface area contributed by atoms with Gasteiger partial charge in [0.25, 0.3) is 11.6 Å². The molecule has 0 N–H and O–H groups in total. The maximum atomic E-state index is 13.0. The summed E-state index contributed by atoms with van der Waals surface area (Å²) in [5, 5.41) is 11.0. The molecule has 2 aromatic rings. The van der Waals surface area contributed by atoms with Gasteiger partial charge in [0.2, 0.25) is 0 Å². The van der Waals surface area contributed by atoms with Gasteiger partial charge in [0.05, 0.1) is 17.7 Å². The topological polar surface area (TPSA) is 85.8 Å². The molecule has 0 atom stereocenters. The van der Waals surface area contributed by atoms with Gasteiger partial charge in [0.1, 0.15) is 5.76 Å². The van der Waals surface area contributed by atoms with E-state index < -0.39 is 4.92 Å². The van der Waals surface area contributed by atoms with Gasteiger partial charge in [-0.05, 0) is 31.0 Å². The first-order valence-electron chi connectivity index (χ1n) is 7.80. The molecule has 1 fully saturated rings.